The maximum Gasteiger partial charge on any atom is 0.342 e. The van der Waals surface area contributed by atoms with Gasteiger partial charge in [-0.2, -0.15) is 0 Å². The van der Waals surface area contributed by atoms with Gasteiger partial charge in [-0.3, -0.25) is 4.79 Å². The molecule has 10 heteroatoms. The summed E-state index contributed by atoms with van der Waals surface area (Å²) in [4.78, 5) is 25.3. The fraction of sp³-hybridized carbons (Fsp3) is 0.364. The van der Waals surface area contributed by atoms with Crippen LogP contribution in [0, 0.1) is 0 Å². The minimum Gasteiger partial charge on any atom is -0.507 e. The number of aromatic hydroxyl groups is 4. The first-order valence-electron chi connectivity index (χ1n) is 9.99. The fourth-order valence-corrected chi connectivity index (χ4v) is 3.97. The first-order valence-corrected chi connectivity index (χ1v) is 10.4. The third-order valence-electron chi connectivity index (χ3n) is 5.21. The van der Waals surface area contributed by atoms with Crippen LogP contribution in [0.5, 0.6) is 28.7 Å². The van der Waals surface area contributed by atoms with Gasteiger partial charge in [-0.15, -0.1) is 0 Å². The molecule has 2 bridgehead atoms. The van der Waals surface area contributed by atoms with E-state index < -0.39 is 23.7 Å². The predicted molar refractivity (Wildman–Crippen MR) is 116 cm³/mol. The van der Waals surface area contributed by atoms with Crippen LogP contribution >= 0.6 is 11.6 Å². The number of phenolic OH excluding ortho intramolecular Hbond substituents is 4. The van der Waals surface area contributed by atoms with Gasteiger partial charge in [-0.25, -0.2) is 4.79 Å². The quantitative estimate of drug-likeness (QED) is 0.244. The zero-order valence-corrected chi connectivity index (χ0v) is 18.3. The lowest BCUT2D eigenvalue weighted by Gasteiger charge is -2.20. The fourth-order valence-electron chi connectivity index (χ4n) is 3.73. The number of anilines is 1. The van der Waals surface area contributed by atoms with Crippen molar-refractivity contribution in [3.05, 3.63) is 33.8 Å². The van der Waals surface area contributed by atoms with Crippen LogP contribution in [0.25, 0.3) is 0 Å². The molecule has 0 fully saturated rings. The number of carbonyl (C=O) groups is 2. The van der Waals surface area contributed by atoms with Crippen LogP contribution < -0.4 is 10.1 Å². The van der Waals surface area contributed by atoms with Crippen LogP contribution in [0.3, 0.4) is 0 Å². The maximum absolute atomic E-state index is 12.9. The van der Waals surface area contributed by atoms with Crippen molar-refractivity contribution in [3.8, 4) is 28.7 Å². The van der Waals surface area contributed by atoms with Gasteiger partial charge >= 0.3 is 5.97 Å². The number of nitrogens with one attached hydrogen (secondary N) is 1. The Hall–Kier alpha value is -3.33. The summed E-state index contributed by atoms with van der Waals surface area (Å²) in [6.07, 6.45) is 0.189. The number of hydrogen-bond donors (Lipinski definition) is 5. The molecule has 2 aromatic rings. The number of fused-ring (bicyclic) bond motifs is 3. The molecule has 9 nitrogen and oxygen atoms in total. The van der Waals surface area contributed by atoms with Gasteiger partial charge in [0, 0.05) is 30.5 Å². The number of rotatable bonds is 1. The number of amides is 1. The van der Waals surface area contributed by atoms with E-state index in [9.17, 15) is 30.0 Å². The normalized spacial score (nSPS) is 17.4. The summed E-state index contributed by atoms with van der Waals surface area (Å²) in [6, 6.07) is 2.14. The summed E-state index contributed by atoms with van der Waals surface area (Å²) in [5, 5.41) is 43.7. The van der Waals surface area contributed by atoms with Gasteiger partial charge in [0.05, 0.1) is 17.8 Å². The Morgan fingerprint density at radius 3 is 2.41 bits per heavy atom. The largest absolute Gasteiger partial charge is 0.507 e. The third-order valence-corrected chi connectivity index (χ3v) is 5.63. The van der Waals surface area contributed by atoms with E-state index in [4.69, 9.17) is 21.1 Å². The maximum atomic E-state index is 12.9. The molecule has 1 unspecified atom stereocenters. The number of methoxy groups -OCH3 is 1. The highest BCUT2D eigenvalue weighted by Gasteiger charge is 2.27. The molecule has 3 rings (SSSR count). The summed E-state index contributed by atoms with van der Waals surface area (Å²) in [6.45, 7) is 1.55. The van der Waals surface area contributed by atoms with E-state index in [0.29, 0.717) is 12.8 Å². The Bertz CT molecular complexity index is 1070. The predicted octanol–water partition coefficient (Wildman–Crippen LogP) is 3.62. The van der Waals surface area contributed by atoms with Crippen LogP contribution in [-0.2, 0) is 22.4 Å². The summed E-state index contributed by atoms with van der Waals surface area (Å²) < 4.78 is 10.7. The molecule has 1 aliphatic heterocycles. The van der Waals surface area contributed by atoms with Crippen molar-refractivity contribution in [2.45, 2.75) is 45.1 Å². The second-order valence-electron chi connectivity index (χ2n) is 7.56. The average molecular weight is 466 g/mol. The Kier molecular flexibility index (Phi) is 6.88. The molecule has 1 heterocycles. The van der Waals surface area contributed by atoms with Gasteiger partial charge in [0.1, 0.15) is 28.9 Å². The summed E-state index contributed by atoms with van der Waals surface area (Å²) in [5.74, 6) is -2.76. The smallest absolute Gasteiger partial charge is 0.342 e. The van der Waals surface area contributed by atoms with Crippen molar-refractivity contribution in [3.63, 3.8) is 0 Å². The lowest BCUT2D eigenvalue weighted by atomic mass is 9.99. The lowest BCUT2D eigenvalue weighted by molar-refractivity contribution is -0.116. The van der Waals surface area contributed by atoms with E-state index >= 15 is 0 Å². The van der Waals surface area contributed by atoms with E-state index in [1.165, 1.54) is 13.2 Å². The Balaban J connectivity index is 2.07. The number of phenols is 4. The molecule has 0 saturated heterocycles. The number of halogens is 1. The second kappa shape index (κ2) is 9.44. The topological polar surface area (TPSA) is 146 Å². The Morgan fingerprint density at radius 1 is 1.03 bits per heavy atom. The van der Waals surface area contributed by atoms with E-state index in [2.05, 4.69) is 5.32 Å². The first-order chi connectivity index (χ1) is 15.1. The van der Waals surface area contributed by atoms with Crippen LogP contribution in [0.2, 0.25) is 5.02 Å². The SMILES string of the molecule is COc1c(O)cc2c(O)c1CC(C)OC(=O)c1c(O)cc(O)c(Cl)c1CCCCC(=O)N2. The highest BCUT2D eigenvalue weighted by molar-refractivity contribution is 6.33. The molecule has 0 spiro atoms. The van der Waals surface area contributed by atoms with Gasteiger partial charge < -0.3 is 35.2 Å². The van der Waals surface area contributed by atoms with Crippen LogP contribution in [-0.4, -0.2) is 45.5 Å². The zero-order valence-electron chi connectivity index (χ0n) is 17.6. The van der Waals surface area contributed by atoms with E-state index in [1.807, 2.05) is 0 Å². The Labute approximate surface area is 189 Å². The van der Waals surface area contributed by atoms with Crippen LogP contribution in [0.1, 0.15) is 47.7 Å². The van der Waals surface area contributed by atoms with Gasteiger partial charge in [-0.1, -0.05) is 11.6 Å². The molecular formula is C22H24ClNO8. The molecular weight excluding hydrogens is 442 g/mol. The zero-order chi connectivity index (χ0) is 23.6. The molecule has 0 aromatic heterocycles. The van der Waals surface area contributed by atoms with Gasteiger partial charge in [0.2, 0.25) is 5.91 Å². The van der Waals surface area contributed by atoms with Crippen molar-refractivity contribution in [1.82, 2.24) is 0 Å². The standard InChI is InChI=1S/C22H24ClNO8/c1-10-7-12-20(29)13(8-16(27)21(12)31-2)24-17(28)6-4-3-5-11-18(22(30)32-10)14(25)9-15(26)19(11)23/h8-10,25-27,29H,3-7H2,1-2H3,(H,24,28). The number of hydrogen-bond acceptors (Lipinski definition) is 8. The summed E-state index contributed by atoms with van der Waals surface area (Å²) in [5.41, 5.74) is 0.179. The molecule has 32 heavy (non-hydrogen) atoms. The Morgan fingerprint density at radius 2 is 1.72 bits per heavy atom. The number of esters is 1. The van der Waals surface area contributed by atoms with Gasteiger partial charge in [0.25, 0.3) is 0 Å². The van der Waals surface area contributed by atoms with Crippen molar-refractivity contribution >= 4 is 29.2 Å². The van der Waals surface area contributed by atoms with Crippen LogP contribution in [0.15, 0.2) is 12.1 Å². The molecule has 1 amide bonds. The highest BCUT2D eigenvalue weighted by atomic mass is 35.5. The van der Waals surface area contributed by atoms with Crippen molar-refractivity contribution in [2.75, 3.05) is 12.4 Å². The second-order valence-corrected chi connectivity index (χ2v) is 7.94. The third kappa shape index (κ3) is 4.62. The molecule has 0 saturated carbocycles. The number of cyclic esters (lactones) is 1. The minimum atomic E-state index is -0.866. The van der Waals surface area contributed by atoms with Gasteiger partial charge in [-0.05, 0) is 31.7 Å². The van der Waals surface area contributed by atoms with E-state index in [0.717, 1.165) is 6.07 Å². The average Bonchev–Trinajstić information content (AvgIpc) is 2.71. The highest BCUT2D eigenvalue weighted by Crippen LogP contribution is 2.43. The number of carbonyl (C=O) groups excluding carboxylic acids is 2. The molecule has 5 N–H and O–H groups in total. The van der Waals surface area contributed by atoms with E-state index in [1.54, 1.807) is 6.92 Å². The van der Waals surface area contributed by atoms with E-state index in [-0.39, 0.29) is 69.7 Å². The summed E-state index contributed by atoms with van der Waals surface area (Å²) in [7, 11) is 1.30. The van der Waals surface area contributed by atoms with Crippen molar-refractivity contribution in [1.29, 1.82) is 0 Å². The van der Waals surface area contributed by atoms with Crippen LogP contribution in [0.4, 0.5) is 5.69 Å². The molecule has 0 radical (unpaired) electrons. The number of ether oxygens (including phenoxy) is 2. The molecule has 1 atom stereocenters. The lowest BCUT2D eigenvalue weighted by Crippen LogP contribution is -2.19. The molecule has 2 aromatic carbocycles. The minimum absolute atomic E-state index is 0.00518. The van der Waals surface area contributed by atoms with Gasteiger partial charge in [0.15, 0.2) is 11.5 Å². The summed E-state index contributed by atoms with van der Waals surface area (Å²) >= 11 is 6.19. The number of benzene rings is 2. The van der Waals surface area contributed by atoms with Crippen molar-refractivity contribution in [2.24, 2.45) is 0 Å². The first kappa shape index (κ1) is 23.3. The molecule has 0 aliphatic carbocycles. The van der Waals surface area contributed by atoms with Crippen molar-refractivity contribution < 1.29 is 39.5 Å². The molecule has 1 aliphatic rings. The molecule has 172 valence electrons. The monoisotopic (exact) mass is 465 g/mol.